The van der Waals surface area contributed by atoms with Gasteiger partial charge >= 0.3 is 5.97 Å². The molecule has 1 atom stereocenters. The van der Waals surface area contributed by atoms with E-state index in [4.69, 9.17) is 5.11 Å². The molecule has 1 unspecified atom stereocenters. The quantitative estimate of drug-likeness (QED) is 0.799. The molecule has 1 rings (SSSR count). The van der Waals surface area contributed by atoms with Crippen LogP contribution < -0.4 is 0 Å². The molecular formula is C16H23NO2. The standard InChI is InChI=1S/C16H23NO2/c1-12(2)13(3)17(4)11-15-7-5-14(6-8-15)9-10-16(18)19/h5-10,12-13H,11H2,1-4H3,(H,18,19). The highest BCUT2D eigenvalue weighted by Gasteiger charge is 2.12. The fourth-order valence-electron chi connectivity index (χ4n) is 1.84. The Labute approximate surface area is 115 Å². The zero-order valence-corrected chi connectivity index (χ0v) is 12.1. The summed E-state index contributed by atoms with van der Waals surface area (Å²) in [6, 6.07) is 8.52. The molecule has 3 nitrogen and oxygen atoms in total. The van der Waals surface area contributed by atoms with Crippen LogP contribution in [0.2, 0.25) is 0 Å². The number of nitrogens with zero attached hydrogens (tertiary/aromatic N) is 1. The normalized spacial score (nSPS) is 13.4. The number of rotatable bonds is 6. The zero-order chi connectivity index (χ0) is 14.4. The molecule has 0 aliphatic heterocycles. The summed E-state index contributed by atoms with van der Waals surface area (Å²) in [6.07, 6.45) is 2.76. The highest BCUT2D eigenvalue weighted by molar-refractivity contribution is 5.85. The second-order valence-corrected chi connectivity index (χ2v) is 5.31. The zero-order valence-electron chi connectivity index (χ0n) is 12.1. The lowest BCUT2D eigenvalue weighted by Gasteiger charge is -2.27. The molecule has 1 aromatic rings. The number of hydrogen-bond donors (Lipinski definition) is 1. The topological polar surface area (TPSA) is 40.5 Å². The Hall–Kier alpha value is -1.61. The van der Waals surface area contributed by atoms with E-state index in [1.165, 1.54) is 5.56 Å². The van der Waals surface area contributed by atoms with Crippen LogP contribution in [0.5, 0.6) is 0 Å². The molecule has 0 radical (unpaired) electrons. The molecule has 1 aromatic carbocycles. The van der Waals surface area contributed by atoms with Gasteiger partial charge in [0.2, 0.25) is 0 Å². The minimum Gasteiger partial charge on any atom is -0.478 e. The van der Waals surface area contributed by atoms with Crippen molar-refractivity contribution in [2.45, 2.75) is 33.4 Å². The van der Waals surface area contributed by atoms with E-state index < -0.39 is 5.97 Å². The average molecular weight is 261 g/mol. The van der Waals surface area contributed by atoms with E-state index in [-0.39, 0.29) is 0 Å². The molecule has 1 N–H and O–H groups in total. The lowest BCUT2D eigenvalue weighted by Crippen LogP contribution is -2.32. The van der Waals surface area contributed by atoms with Gasteiger partial charge in [0.1, 0.15) is 0 Å². The van der Waals surface area contributed by atoms with Gasteiger partial charge in [-0.2, -0.15) is 0 Å². The molecular weight excluding hydrogens is 238 g/mol. The van der Waals surface area contributed by atoms with E-state index in [0.29, 0.717) is 12.0 Å². The van der Waals surface area contributed by atoms with E-state index in [1.54, 1.807) is 6.08 Å². The first-order valence-corrected chi connectivity index (χ1v) is 6.60. The van der Waals surface area contributed by atoms with Crippen molar-refractivity contribution in [3.8, 4) is 0 Å². The monoisotopic (exact) mass is 261 g/mol. The molecule has 104 valence electrons. The van der Waals surface area contributed by atoms with Gasteiger partial charge in [0.15, 0.2) is 0 Å². The van der Waals surface area contributed by atoms with Crippen LogP contribution in [0, 0.1) is 5.92 Å². The van der Waals surface area contributed by atoms with Gasteiger partial charge in [-0.25, -0.2) is 4.79 Å². The van der Waals surface area contributed by atoms with Gasteiger partial charge < -0.3 is 5.11 Å². The second-order valence-electron chi connectivity index (χ2n) is 5.31. The summed E-state index contributed by atoms with van der Waals surface area (Å²) in [4.78, 5) is 12.8. The van der Waals surface area contributed by atoms with Gasteiger partial charge in [-0.1, -0.05) is 38.1 Å². The predicted molar refractivity (Wildman–Crippen MR) is 78.9 cm³/mol. The van der Waals surface area contributed by atoms with Crippen LogP contribution in [0.3, 0.4) is 0 Å². The van der Waals surface area contributed by atoms with Gasteiger partial charge in [-0.15, -0.1) is 0 Å². The van der Waals surface area contributed by atoms with E-state index in [1.807, 2.05) is 24.3 Å². The van der Waals surface area contributed by atoms with Crippen molar-refractivity contribution in [3.63, 3.8) is 0 Å². The first kappa shape index (κ1) is 15.4. The van der Waals surface area contributed by atoms with Gasteiger partial charge in [-0.05, 0) is 37.1 Å². The van der Waals surface area contributed by atoms with Crippen molar-refractivity contribution in [1.82, 2.24) is 4.90 Å². The molecule has 0 aliphatic carbocycles. The average Bonchev–Trinajstić information content (AvgIpc) is 2.36. The van der Waals surface area contributed by atoms with Crippen molar-refractivity contribution in [2.24, 2.45) is 5.92 Å². The number of aliphatic carboxylic acids is 1. The van der Waals surface area contributed by atoms with Gasteiger partial charge in [-0.3, -0.25) is 4.90 Å². The summed E-state index contributed by atoms with van der Waals surface area (Å²) in [5.74, 6) is -0.294. The Morgan fingerprint density at radius 3 is 2.32 bits per heavy atom. The van der Waals surface area contributed by atoms with Gasteiger partial charge in [0, 0.05) is 18.7 Å². The van der Waals surface area contributed by atoms with Crippen molar-refractivity contribution in [3.05, 3.63) is 41.5 Å². The summed E-state index contributed by atoms with van der Waals surface area (Å²) in [5.41, 5.74) is 2.15. The molecule has 3 heteroatoms. The molecule has 0 amide bonds. The SMILES string of the molecule is CC(C)C(C)N(C)Cc1ccc(C=CC(=O)O)cc1. The van der Waals surface area contributed by atoms with Crippen LogP contribution in [0.1, 0.15) is 31.9 Å². The Bertz CT molecular complexity index is 435. The van der Waals surface area contributed by atoms with Crippen molar-refractivity contribution >= 4 is 12.0 Å². The molecule has 0 saturated heterocycles. The number of carboxylic acid groups (broad SMARTS) is 1. The van der Waals surface area contributed by atoms with Crippen molar-refractivity contribution < 1.29 is 9.90 Å². The summed E-state index contributed by atoms with van der Waals surface area (Å²) in [6.45, 7) is 7.58. The summed E-state index contributed by atoms with van der Waals surface area (Å²) >= 11 is 0. The van der Waals surface area contributed by atoms with Crippen LogP contribution >= 0.6 is 0 Å². The predicted octanol–water partition coefficient (Wildman–Crippen LogP) is 3.26. The lowest BCUT2D eigenvalue weighted by atomic mass is 10.0. The molecule has 0 spiro atoms. The molecule has 0 aliphatic rings. The van der Waals surface area contributed by atoms with E-state index in [0.717, 1.165) is 18.2 Å². The van der Waals surface area contributed by atoms with E-state index in [9.17, 15) is 4.79 Å². The Kier molecular flexibility index (Phi) is 5.77. The maximum Gasteiger partial charge on any atom is 0.328 e. The maximum absolute atomic E-state index is 10.4. The minimum atomic E-state index is -0.922. The van der Waals surface area contributed by atoms with Crippen molar-refractivity contribution in [1.29, 1.82) is 0 Å². The number of hydrogen-bond acceptors (Lipinski definition) is 2. The van der Waals surface area contributed by atoms with Gasteiger partial charge in [0.25, 0.3) is 0 Å². The maximum atomic E-state index is 10.4. The third-order valence-electron chi connectivity index (χ3n) is 3.49. The Balaban J connectivity index is 2.64. The van der Waals surface area contributed by atoms with Crippen LogP contribution in [0.25, 0.3) is 6.08 Å². The first-order chi connectivity index (χ1) is 8.90. The highest BCUT2D eigenvalue weighted by atomic mass is 16.4. The van der Waals surface area contributed by atoms with Gasteiger partial charge in [0.05, 0.1) is 0 Å². The fourth-order valence-corrected chi connectivity index (χ4v) is 1.84. The Morgan fingerprint density at radius 1 is 1.26 bits per heavy atom. The second kappa shape index (κ2) is 7.10. The van der Waals surface area contributed by atoms with Crippen LogP contribution in [-0.2, 0) is 11.3 Å². The van der Waals surface area contributed by atoms with Crippen LogP contribution in [0.15, 0.2) is 30.3 Å². The van der Waals surface area contributed by atoms with Crippen LogP contribution in [-0.4, -0.2) is 29.1 Å². The van der Waals surface area contributed by atoms with E-state index in [2.05, 4.69) is 32.7 Å². The largest absolute Gasteiger partial charge is 0.478 e. The third kappa shape index (κ3) is 5.26. The summed E-state index contributed by atoms with van der Waals surface area (Å²) < 4.78 is 0. The molecule has 0 heterocycles. The molecule has 0 saturated carbocycles. The number of benzene rings is 1. The summed E-state index contributed by atoms with van der Waals surface area (Å²) in [7, 11) is 2.13. The smallest absolute Gasteiger partial charge is 0.328 e. The first-order valence-electron chi connectivity index (χ1n) is 6.60. The van der Waals surface area contributed by atoms with Crippen LogP contribution in [0.4, 0.5) is 0 Å². The minimum absolute atomic E-state index is 0.534. The number of carboxylic acids is 1. The molecule has 0 aromatic heterocycles. The Morgan fingerprint density at radius 2 is 1.84 bits per heavy atom. The lowest BCUT2D eigenvalue weighted by molar-refractivity contribution is -0.131. The third-order valence-corrected chi connectivity index (χ3v) is 3.49. The summed E-state index contributed by atoms with van der Waals surface area (Å²) in [5, 5.41) is 8.57. The molecule has 0 bridgehead atoms. The number of carbonyl (C=O) groups is 1. The highest BCUT2D eigenvalue weighted by Crippen LogP contribution is 2.13. The molecule has 19 heavy (non-hydrogen) atoms. The fraction of sp³-hybridized carbons (Fsp3) is 0.438. The van der Waals surface area contributed by atoms with E-state index >= 15 is 0 Å². The van der Waals surface area contributed by atoms with Crippen molar-refractivity contribution in [2.75, 3.05) is 7.05 Å². The molecule has 0 fully saturated rings.